The van der Waals surface area contributed by atoms with Gasteiger partial charge in [-0.05, 0) is 17.7 Å². The Balaban J connectivity index is 1.78. The summed E-state index contributed by atoms with van der Waals surface area (Å²) in [5.41, 5.74) is 2.82. The number of hydrogen-bond donors (Lipinski definition) is 2. The number of anilines is 1. The van der Waals surface area contributed by atoms with E-state index in [1.165, 1.54) is 0 Å². The predicted molar refractivity (Wildman–Crippen MR) is 74.4 cm³/mol. The van der Waals surface area contributed by atoms with Crippen LogP contribution in [0.2, 0.25) is 0 Å². The Bertz CT molecular complexity index is 734. The average Bonchev–Trinajstić information content (AvgIpc) is 3.05. The molecule has 0 saturated heterocycles. The molecule has 0 saturated carbocycles. The lowest BCUT2D eigenvalue weighted by Crippen LogP contribution is -1.98. The quantitative estimate of drug-likeness (QED) is 0.565. The Labute approximate surface area is 112 Å². The van der Waals surface area contributed by atoms with E-state index in [4.69, 9.17) is 0 Å². The minimum Gasteiger partial charge on any atom is -0.380 e. The number of rotatable bonds is 4. The normalized spacial score (nSPS) is 10.7. The second-order valence-corrected chi connectivity index (χ2v) is 4.93. The minimum absolute atomic E-state index is 0.165. The van der Waals surface area contributed by atoms with E-state index in [0.717, 1.165) is 33.5 Å². The highest BCUT2D eigenvalue weighted by Gasteiger charge is 2.09. The summed E-state index contributed by atoms with van der Waals surface area (Å²) in [4.78, 5) is 10.2. The van der Waals surface area contributed by atoms with Gasteiger partial charge in [0, 0.05) is 29.1 Å². The van der Waals surface area contributed by atoms with E-state index in [2.05, 4.69) is 15.5 Å². The van der Waals surface area contributed by atoms with Gasteiger partial charge in [-0.25, -0.2) is 0 Å². The number of benzene rings is 1. The fourth-order valence-electron chi connectivity index (χ4n) is 1.87. The highest BCUT2D eigenvalue weighted by atomic mass is 32.1. The van der Waals surface area contributed by atoms with Gasteiger partial charge in [-0.3, -0.25) is 15.2 Å². The lowest BCUT2D eigenvalue weighted by Gasteiger charge is -2.05. The number of hydrogen-bond acceptors (Lipinski definition) is 5. The zero-order chi connectivity index (χ0) is 13.2. The third-order valence-corrected chi connectivity index (χ3v) is 3.72. The van der Waals surface area contributed by atoms with Gasteiger partial charge < -0.3 is 5.32 Å². The van der Waals surface area contributed by atoms with Crippen LogP contribution >= 0.6 is 11.3 Å². The lowest BCUT2D eigenvalue weighted by molar-refractivity contribution is -0.380. The molecule has 0 fully saturated rings. The molecule has 0 aliphatic heterocycles. The molecule has 0 radical (unpaired) electrons. The van der Waals surface area contributed by atoms with Crippen LogP contribution in [0.15, 0.2) is 35.8 Å². The number of aromatic amines is 1. The molecule has 2 heterocycles. The zero-order valence-electron chi connectivity index (χ0n) is 9.79. The largest absolute Gasteiger partial charge is 0.380 e. The van der Waals surface area contributed by atoms with Crippen molar-refractivity contribution in [3.63, 3.8) is 0 Å². The average molecular weight is 274 g/mol. The third kappa shape index (κ3) is 2.27. The molecule has 1 aromatic carbocycles. The van der Waals surface area contributed by atoms with Gasteiger partial charge in [0.2, 0.25) is 0 Å². The molecule has 0 aliphatic carbocycles. The maximum Gasteiger partial charge on any atom is 0.324 e. The van der Waals surface area contributed by atoms with Gasteiger partial charge in [-0.2, -0.15) is 5.10 Å². The molecule has 0 atom stereocenters. The second kappa shape index (κ2) is 4.69. The van der Waals surface area contributed by atoms with Gasteiger partial charge in [0.15, 0.2) is 0 Å². The van der Waals surface area contributed by atoms with E-state index in [-0.39, 0.29) is 9.92 Å². The van der Waals surface area contributed by atoms with Crippen molar-refractivity contribution < 1.29 is 4.92 Å². The van der Waals surface area contributed by atoms with Crippen molar-refractivity contribution in [2.24, 2.45) is 0 Å². The molecule has 3 rings (SSSR count). The van der Waals surface area contributed by atoms with Crippen LogP contribution in [0.4, 0.5) is 10.7 Å². The summed E-state index contributed by atoms with van der Waals surface area (Å²) < 4.78 is 0. The van der Waals surface area contributed by atoms with Gasteiger partial charge in [0.1, 0.15) is 0 Å². The predicted octanol–water partition coefficient (Wildman–Crippen LogP) is 3.14. The lowest BCUT2D eigenvalue weighted by atomic mass is 10.2. The summed E-state index contributed by atoms with van der Waals surface area (Å²) in [6, 6.07) is 7.42. The first-order valence-corrected chi connectivity index (χ1v) is 6.50. The van der Waals surface area contributed by atoms with Gasteiger partial charge in [-0.1, -0.05) is 17.4 Å². The first-order chi connectivity index (χ1) is 9.24. The van der Waals surface area contributed by atoms with Crippen molar-refractivity contribution in [1.82, 2.24) is 10.2 Å². The molecule has 6 nitrogen and oxygen atoms in total. The van der Waals surface area contributed by atoms with E-state index in [1.807, 2.05) is 18.2 Å². The highest BCUT2D eigenvalue weighted by molar-refractivity contribution is 7.13. The number of nitro groups is 1. The van der Waals surface area contributed by atoms with Crippen LogP contribution in [0.5, 0.6) is 0 Å². The molecule has 2 aromatic heterocycles. The van der Waals surface area contributed by atoms with Crippen LogP contribution in [-0.2, 0) is 6.54 Å². The Kier molecular flexibility index (Phi) is 2.88. The Morgan fingerprint density at radius 1 is 1.47 bits per heavy atom. The van der Waals surface area contributed by atoms with E-state index in [9.17, 15) is 10.1 Å². The Morgan fingerprint density at radius 3 is 3.16 bits per heavy atom. The second-order valence-electron chi connectivity index (χ2n) is 4.04. The van der Waals surface area contributed by atoms with Crippen LogP contribution < -0.4 is 5.32 Å². The van der Waals surface area contributed by atoms with Gasteiger partial charge in [0.05, 0.1) is 16.6 Å². The first-order valence-electron chi connectivity index (χ1n) is 5.62. The Hall–Kier alpha value is -2.41. The highest BCUT2D eigenvalue weighted by Crippen LogP contribution is 2.25. The monoisotopic (exact) mass is 274 g/mol. The number of fused-ring (bicyclic) bond motifs is 1. The zero-order valence-corrected chi connectivity index (χ0v) is 10.6. The summed E-state index contributed by atoms with van der Waals surface area (Å²) in [5, 5.41) is 23.7. The SMILES string of the molecule is O=[N+]([O-])c1cc(CNc2cccc3[nH]ncc23)cs1. The number of H-pyrrole nitrogens is 1. The van der Waals surface area contributed by atoms with Crippen molar-refractivity contribution in [1.29, 1.82) is 0 Å². The number of nitrogens with one attached hydrogen (secondary N) is 2. The molecule has 2 N–H and O–H groups in total. The van der Waals surface area contributed by atoms with Crippen molar-refractivity contribution >= 4 is 32.9 Å². The summed E-state index contributed by atoms with van der Waals surface area (Å²) in [7, 11) is 0. The fourth-order valence-corrected chi connectivity index (χ4v) is 2.60. The number of thiophene rings is 1. The maximum absolute atomic E-state index is 10.6. The van der Waals surface area contributed by atoms with E-state index in [0.29, 0.717) is 6.54 Å². The Morgan fingerprint density at radius 2 is 2.37 bits per heavy atom. The summed E-state index contributed by atoms with van der Waals surface area (Å²) in [6.45, 7) is 0.550. The fraction of sp³-hybridized carbons (Fsp3) is 0.0833. The van der Waals surface area contributed by atoms with Crippen LogP contribution in [0.3, 0.4) is 0 Å². The van der Waals surface area contributed by atoms with Crippen molar-refractivity contribution in [2.75, 3.05) is 5.32 Å². The molecular formula is C12H10N4O2S. The van der Waals surface area contributed by atoms with Crippen molar-refractivity contribution in [3.8, 4) is 0 Å². The van der Waals surface area contributed by atoms with Gasteiger partial charge in [-0.15, -0.1) is 0 Å². The van der Waals surface area contributed by atoms with Crippen LogP contribution in [0.25, 0.3) is 10.9 Å². The van der Waals surface area contributed by atoms with Crippen molar-refractivity contribution in [2.45, 2.75) is 6.54 Å². The summed E-state index contributed by atoms with van der Waals surface area (Å²) >= 11 is 1.14. The molecule has 19 heavy (non-hydrogen) atoms. The standard InChI is InChI=1S/C12H10N4O2S/c17-16(18)12-4-8(7-19-12)5-13-10-2-1-3-11-9(10)6-14-15-11/h1-4,6-7,13H,5H2,(H,14,15). The molecule has 0 spiro atoms. The summed E-state index contributed by atoms with van der Waals surface area (Å²) in [6.07, 6.45) is 1.76. The third-order valence-electron chi connectivity index (χ3n) is 2.79. The smallest absolute Gasteiger partial charge is 0.324 e. The topological polar surface area (TPSA) is 83.9 Å². The van der Waals surface area contributed by atoms with Gasteiger partial charge in [0.25, 0.3) is 0 Å². The van der Waals surface area contributed by atoms with E-state index >= 15 is 0 Å². The molecule has 0 amide bonds. The minimum atomic E-state index is -0.370. The van der Waals surface area contributed by atoms with Crippen LogP contribution in [0.1, 0.15) is 5.56 Å². The number of nitrogens with zero attached hydrogens (tertiary/aromatic N) is 2. The molecule has 3 aromatic rings. The van der Waals surface area contributed by atoms with Gasteiger partial charge >= 0.3 is 5.00 Å². The molecular weight excluding hydrogens is 264 g/mol. The van der Waals surface area contributed by atoms with E-state index in [1.54, 1.807) is 17.6 Å². The number of aromatic nitrogens is 2. The van der Waals surface area contributed by atoms with Crippen molar-refractivity contribution in [3.05, 3.63) is 51.5 Å². The van der Waals surface area contributed by atoms with E-state index < -0.39 is 0 Å². The molecule has 7 heteroatoms. The molecule has 0 unspecified atom stereocenters. The molecule has 96 valence electrons. The maximum atomic E-state index is 10.6. The first kappa shape index (κ1) is 11.7. The molecule has 0 bridgehead atoms. The molecule has 0 aliphatic rings. The van der Waals surface area contributed by atoms with Crippen LogP contribution in [-0.4, -0.2) is 15.1 Å². The van der Waals surface area contributed by atoms with Crippen LogP contribution in [0, 0.1) is 10.1 Å². The summed E-state index contributed by atoms with van der Waals surface area (Å²) in [5.74, 6) is 0.